The molecule has 0 radical (unpaired) electrons. The summed E-state index contributed by atoms with van der Waals surface area (Å²) in [4.78, 5) is 0. The molecule has 1 rings (SSSR count). The molecule has 0 aliphatic heterocycles. The summed E-state index contributed by atoms with van der Waals surface area (Å²) >= 11 is 0. The van der Waals surface area contributed by atoms with Crippen molar-refractivity contribution in [3.63, 3.8) is 0 Å². The second-order valence-corrected chi connectivity index (χ2v) is 3.91. The first-order valence-corrected chi connectivity index (χ1v) is 5.96. The molecule has 1 N–H and O–H groups in total. The van der Waals surface area contributed by atoms with Gasteiger partial charge in [-0.1, -0.05) is 38.2 Å². The number of unbranched alkanes of at least 4 members (excludes halogenated alkanes) is 2. The molecule has 0 heterocycles. The van der Waals surface area contributed by atoms with Gasteiger partial charge in [0.2, 0.25) is 0 Å². The minimum Gasteiger partial charge on any atom is -0.508 e. The van der Waals surface area contributed by atoms with Gasteiger partial charge >= 0.3 is 0 Å². The highest BCUT2D eigenvalue weighted by molar-refractivity contribution is 5.42. The van der Waals surface area contributed by atoms with Crippen LogP contribution in [0.4, 0.5) is 0 Å². The number of allylic oxidation sites excluding steroid dienone is 1. The highest BCUT2D eigenvalue weighted by Crippen LogP contribution is 2.10. The van der Waals surface area contributed by atoms with Gasteiger partial charge in [-0.15, -0.1) is 5.73 Å². The van der Waals surface area contributed by atoms with Gasteiger partial charge in [-0.2, -0.15) is 0 Å². The molecule has 0 saturated heterocycles. The fourth-order valence-corrected chi connectivity index (χ4v) is 1.44. The summed E-state index contributed by atoms with van der Waals surface area (Å²) in [5.74, 6) is 6.39. The zero-order valence-corrected chi connectivity index (χ0v) is 10.3. The molecule has 0 unspecified atom stereocenters. The monoisotopic (exact) mass is 226 g/mol. The Labute approximate surface area is 103 Å². The van der Waals surface area contributed by atoms with E-state index in [4.69, 9.17) is 5.11 Å². The van der Waals surface area contributed by atoms with E-state index in [1.54, 1.807) is 24.3 Å². The molecule has 0 saturated carbocycles. The summed E-state index contributed by atoms with van der Waals surface area (Å²) < 4.78 is 0. The van der Waals surface area contributed by atoms with E-state index in [-0.39, 0.29) is 5.75 Å². The maximum Gasteiger partial charge on any atom is 0.115 e. The van der Waals surface area contributed by atoms with E-state index >= 15 is 0 Å². The lowest BCUT2D eigenvalue weighted by atomic mass is 10.1. The van der Waals surface area contributed by atoms with Crippen LogP contribution in [0.1, 0.15) is 38.2 Å². The molecule has 1 aromatic carbocycles. The van der Waals surface area contributed by atoms with Crippen LogP contribution in [-0.2, 0) is 0 Å². The maximum atomic E-state index is 9.15. The molecule has 0 bridgehead atoms. The molecule has 0 fully saturated rings. The normalized spacial score (nSPS) is 9.00. The van der Waals surface area contributed by atoms with Gasteiger partial charge in [-0.3, -0.25) is 0 Å². The number of rotatable bonds is 4. The van der Waals surface area contributed by atoms with Crippen molar-refractivity contribution >= 4 is 0 Å². The molecule has 0 aromatic heterocycles. The van der Waals surface area contributed by atoms with Crippen molar-refractivity contribution < 1.29 is 5.11 Å². The Kier molecular flexibility index (Phi) is 5.72. The molecule has 88 valence electrons. The van der Waals surface area contributed by atoms with Gasteiger partial charge in [0, 0.05) is 11.1 Å². The Balaban J connectivity index is 2.63. The van der Waals surface area contributed by atoms with Gasteiger partial charge in [0.15, 0.2) is 0 Å². The molecule has 17 heavy (non-hydrogen) atoms. The molecule has 0 aliphatic rings. The molecule has 1 nitrogen and oxygen atoms in total. The number of hydrogen-bond donors (Lipinski definition) is 1. The molecule has 0 amide bonds. The molecular weight excluding hydrogens is 208 g/mol. The first-order valence-electron chi connectivity index (χ1n) is 5.96. The van der Waals surface area contributed by atoms with Crippen LogP contribution in [0.15, 0.2) is 42.1 Å². The smallest absolute Gasteiger partial charge is 0.115 e. The first kappa shape index (κ1) is 13.2. The Morgan fingerprint density at radius 2 is 1.94 bits per heavy atom. The quantitative estimate of drug-likeness (QED) is 0.467. The van der Waals surface area contributed by atoms with Crippen molar-refractivity contribution in [2.24, 2.45) is 0 Å². The van der Waals surface area contributed by atoms with Crippen molar-refractivity contribution in [3.05, 3.63) is 47.7 Å². The van der Waals surface area contributed by atoms with E-state index < -0.39 is 0 Å². The zero-order valence-electron chi connectivity index (χ0n) is 10.3. The van der Waals surface area contributed by atoms with E-state index in [2.05, 4.69) is 31.1 Å². The van der Waals surface area contributed by atoms with E-state index in [0.717, 1.165) is 24.0 Å². The second kappa shape index (κ2) is 7.39. The third kappa shape index (κ3) is 5.11. The molecule has 0 aliphatic carbocycles. The second-order valence-electron chi connectivity index (χ2n) is 3.91. The van der Waals surface area contributed by atoms with E-state index in [1.807, 2.05) is 0 Å². The van der Waals surface area contributed by atoms with Crippen molar-refractivity contribution in [1.82, 2.24) is 0 Å². The zero-order chi connectivity index (χ0) is 12.5. The Hall–Kier alpha value is -1.90. The lowest BCUT2D eigenvalue weighted by Gasteiger charge is -1.96. The van der Waals surface area contributed by atoms with E-state index in [0.29, 0.717) is 0 Å². The van der Waals surface area contributed by atoms with Crippen molar-refractivity contribution in [2.75, 3.05) is 0 Å². The summed E-state index contributed by atoms with van der Waals surface area (Å²) in [7, 11) is 0. The van der Waals surface area contributed by atoms with Crippen LogP contribution in [0, 0.1) is 11.8 Å². The fraction of sp³-hybridized carbons (Fsp3) is 0.312. The molecular formula is C16H18O. The molecule has 1 heteroatoms. The summed E-state index contributed by atoms with van der Waals surface area (Å²) in [5, 5.41) is 9.15. The summed E-state index contributed by atoms with van der Waals surface area (Å²) in [6, 6.07) is 6.88. The first-order chi connectivity index (χ1) is 8.26. The number of phenols is 1. The average Bonchev–Trinajstić information content (AvgIpc) is 2.35. The Bertz CT molecular complexity index is 451. The van der Waals surface area contributed by atoms with Crippen LogP contribution < -0.4 is 0 Å². The third-order valence-corrected chi connectivity index (χ3v) is 2.47. The summed E-state index contributed by atoms with van der Waals surface area (Å²) in [6.07, 6.45) is 4.50. The van der Waals surface area contributed by atoms with Crippen LogP contribution in [0.2, 0.25) is 0 Å². The SMILES string of the molecule is C=C=C(C#Cc1ccc(O)cc1)CCCCC. The number of phenolic OH excluding ortho intramolecular Hbond substituents is 1. The lowest BCUT2D eigenvalue weighted by Crippen LogP contribution is -1.80. The standard InChI is InChI=1S/C16H18O/c1-3-5-6-7-14(4-2)8-9-15-10-12-16(17)13-11-15/h10-13,17H,2-3,5-7H2,1H3. The highest BCUT2D eigenvalue weighted by atomic mass is 16.3. The van der Waals surface area contributed by atoms with Crippen molar-refractivity contribution in [3.8, 4) is 17.6 Å². The van der Waals surface area contributed by atoms with Gasteiger partial charge in [0.25, 0.3) is 0 Å². The summed E-state index contributed by atoms with van der Waals surface area (Å²) in [6.45, 7) is 5.84. The predicted molar refractivity (Wildman–Crippen MR) is 71.8 cm³/mol. The molecule has 0 spiro atoms. The lowest BCUT2D eigenvalue weighted by molar-refractivity contribution is 0.475. The molecule has 0 atom stereocenters. The highest BCUT2D eigenvalue weighted by Gasteiger charge is 1.92. The van der Waals surface area contributed by atoms with Crippen molar-refractivity contribution in [2.45, 2.75) is 32.6 Å². The van der Waals surface area contributed by atoms with Crippen LogP contribution in [0.3, 0.4) is 0 Å². The van der Waals surface area contributed by atoms with E-state index in [9.17, 15) is 0 Å². The number of hydrogen-bond acceptors (Lipinski definition) is 1. The van der Waals surface area contributed by atoms with Gasteiger partial charge in [0.05, 0.1) is 0 Å². The fourth-order valence-electron chi connectivity index (χ4n) is 1.44. The maximum absolute atomic E-state index is 9.15. The number of benzene rings is 1. The average molecular weight is 226 g/mol. The summed E-state index contributed by atoms with van der Waals surface area (Å²) in [5.41, 5.74) is 4.75. The van der Waals surface area contributed by atoms with Gasteiger partial charge in [0.1, 0.15) is 5.75 Å². The topological polar surface area (TPSA) is 20.2 Å². The van der Waals surface area contributed by atoms with Crippen LogP contribution >= 0.6 is 0 Å². The minimum absolute atomic E-state index is 0.262. The van der Waals surface area contributed by atoms with E-state index in [1.165, 1.54) is 12.8 Å². The van der Waals surface area contributed by atoms with Crippen LogP contribution in [0.25, 0.3) is 0 Å². The van der Waals surface area contributed by atoms with Crippen LogP contribution in [-0.4, -0.2) is 5.11 Å². The minimum atomic E-state index is 0.262. The van der Waals surface area contributed by atoms with Crippen LogP contribution in [0.5, 0.6) is 5.75 Å². The third-order valence-electron chi connectivity index (χ3n) is 2.47. The Morgan fingerprint density at radius 3 is 2.53 bits per heavy atom. The largest absolute Gasteiger partial charge is 0.508 e. The van der Waals surface area contributed by atoms with Gasteiger partial charge in [-0.05, 0) is 37.1 Å². The van der Waals surface area contributed by atoms with Gasteiger partial charge < -0.3 is 5.11 Å². The Morgan fingerprint density at radius 1 is 1.24 bits per heavy atom. The predicted octanol–water partition coefficient (Wildman–Crippen LogP) is 4.04. The molecule has 1 aromatic rings. The van der Waals surface area contributed by atoms with Gasteiger partial charge in [-0.25, -0.2) is 0 Å². The number of aromatic hydroxyl groups is 1. The van der Waals surface area contributed by atoms with Crippen molar-refractivity contribution in [1.29, 1.82) is 0 Å².